The van der Waals surface area contributed by atoms with E-state index in [-0.39, 0.29) is 13.2 Å². The van der Waals surface area contributed by atoms with E-state index in [2.05, 4.69) is 13.4 Å². The standard InChI is InChI=1S/C11H18O7P2/c1-2-3-9-16-19(12,13)18-20(14,15)17-10-11-7-5-4-6-8-11/h4-8H,2-3,9-10H2,1H3,(H,12,13)(H,14,15). The van der Waals surface area contributed by atoms with Crippen LogP contribution in [0.15, 0.2) is 30.3 Å². The summed E-state index contributed by atoms with van der Waals surface area (Å²) >= 11 is 0. The molecule has 9 heteroatoms. The van der Waals surface area contributed by atoms with Crippen molar-refractivity contribution in [2.75, 3.05) is 6.61 Å². The number of phosphoric ester groups is 2. The van der Waals surface area contributed by atoms with Crippen LogP contribution in [0.2, 0.25) is 0 Å². The molecule has 0 heterocycles. The molecule has 0 saturated heterocycles. The summed E-state index contributed by atoms with van der Waals surface area (Å²) in [5.41, 5.74) is 0.630. The van der Waals surface area contributed by atoms with E-state index in [1.54, 1.807) is 30.3 Å². The van der Waals surface area contributed by atoms with Crippen LogP contribution in [0.5, 0.6) is 0 Å². The lowest BCUT2D eigenvalue weighted by Crippen LogP contribution is -1.99. The number of benzene rings is 1. The highest BCUT2D eigenvalue weighted by atomic mass is 31.3. The largest absolute Gasteiger partial charge is 0.481 e. The Balaban J connectivity index is 2.48. The Morgan fingerprint density at radius 1 is 1.05 bits per heavy atom. The summed E-state index contributed by atoms with van der Waals surface area (Å²) in [6.45, 7) is 1.61. The van der Waals surface area contributed by atoms with E-state index in [1.807, 2.05) is 6.92 Å². The second-order valence-corrected chi connectivity index (χ2v) is 7.01. The molecule has 0 bridgehead atoms. The normalized spacial score (nSPS) is 17.4. The van der Waals surface area contributed by atoms with Crippen molar-refractivity contribution in [3.8, 4) is 0 Å². The van der Waals surface area contributed by atoms with Crippen molar-refractivity contribution in [2.45, 2.75) is 26.4 Å². The van der Waals surface area contributed by atoms with Crippen molar-refractivity contribution in [1.29, 1.82) is 0 Å². The summed E-state index contributed by atoms with van der Waals surface area (Å²) < 4.78 is 36.3. The minimum absolute atomic E-state index is 0.0387. The zero-order valence-electron chi connectivity index (χ0n) is 11.0. The molecule has 1 rings (SSSR count). The van der Waals surface area contributed by atoms with E-state index in [0.29, 0.717) is 12.0 Å². The third kappa shape index (κ3) is 7.31. The van der Waals surface area contributed by atoms with Crippen molar-refractivity contribution >= 4 is 15.6 Å². The van der Waals surface area contributed by atoms with E-state index in [0.717, 1.165) is 6.42 Å². The Hall–Kier alpha value is -0.520. The lowest BCUT2D eigenvalue weighted by Gasteiger charge is -2.15. The SMILES string of the molecule is CCCCOP(=O)(O)OP(=O)(O)OCc1ccccc1. The minimum Gasteiger partial charge on any atom is -0.302 e. The lowest BCUT2D eigenvalue weighted by atomic mass is 10.2. The molecule has 2 unspecified atom stereocenters. The third-order valence-electron chi connectivity index (χ3n) is 2.20. The molecule has 2 atom stereocenters. The van der Waals surface area contributed by atoms with Crippen molar-refractivity contribution < 1.29 is 32.3 Å². The van der Waals surface area contributed by atoms with Gasteiger partial charge in [0.2, 0.25) is 0 Å². The number of hydrogen-bond donors (Lipinski definition) is 2. The predicted molar refractivity (Wildman–Crippen MR) is 72.8 cm³/mol. The van der Waals surface area contributed by atoms with Gasteiger partial charge >= 0.3 is 15.6 Å². The van der Waals surface area contributed by atoms with Crippen molar-refractivity contribution in [3.63, 3.8) is 0 Å². The van der Waals surface area contributed by atoms with E-state index < -0.39 is 15.6 Å². The second kappa shape index (κ2) is 8.05. The molecule has 0 radical (unpaired) electrons. The maximum atomic E-state index is 11.5. The van der Waals surface area contributed by atoms with Gasteiger partial charge in [-0.1, -0.05) is 43.7 Å². The molecule has 0 aromatic heterocycles. The van der Waals surface area contributed by atoms with E-state index in [4.69, 9.17) is 0 Å². The first kappa shape index (κ1) is 17.5. The minimum atomic E-state index is -4.67. The molecule has 0 spiro atoms. The fourth-order valence-electron chi connectivity index (χ4n) is 1.23. The van der Waals surface area contributed by atoms with Crippen molar-refractivity contribution in [2.24, 2.45) is 0 Å². The van der Waals surface area contributed by atoms with E-state index in [1.165, 1.54) is 0 Å². The van der Waals surface area contributed by atoms with Gasteiger partial charge in [0.25, 0.3) is 0 Å². The Morgan fingerprint density at radius 2 is 1.65 bits per heavy atom. The first-order chi connectivity index (χ1) is 9.35. The Labute approximate surface area is 117 Å². The van der Waals surface area contributed by atoms with Crippen LogP contribution in [-0.4, -0.2) is 16.4 Å². The molecule has 1 aromatic carbocycles. The quantitative estimate of drug-likeness (QED) is 0.531. The van der Waals surface area contributed by atoms with Gasteiger partial charge in [-0.3, -0.25) is 9.05 Å². The van der Waals surface area contributed by atoms with Gasteiger partial charge in [0, 0.05) is 0 Å². The summed E-state index contributed by atoms with van der Waals surface area (Å²) in [5, 5.41) is 0. The summed E-state index contributed by atoms with van der Waals surface area (Å²) in [7, 11) is -9.27. The Bertz CT molecular complexity index is 491. The maximum absolute atomic E-state index is 11.5. The smallest absolute Gasteiger partial charge is 0.302 e. The van der Waals surface area contributed by atoms with Gasteiger partial charge in [-0.2, -0.15) is 4.31 Å². The first-order valence-electron chi connectivity index (χ1n) is 6.04. The number of hydrogen-bond acceptors (Lipinski definition) is 5. The van der Waals surface area contributed by atoms with Gasteiger partial charge in [0.05, 0.1) is 13.2 Å². The van der Waals surface area contributed by atoms with Gasteiger partial charge in [0.1, 0.15) is 0 Å². The molecule has 0 saturated carbocycles. The molecule has 0 amide bonds. The van der Waals surface area contributed by atoms with Crippen molar-refractivity contribution in [1.82, 2.24) is 0 Å². The van der Waals surface area contributed by atoms with E-state index >= 15 is 0 Å². The fourth-order valence-corrected chi connectivity index (χ4v) is 3.32. The summed E-state index contributed by atoms with van der Waals surface area (Å²) in [5.74, 6) is 0. The van der Waals surface area contributed by atoms with Crippen LogP contribution >= 0.6 is 15.6 Å². The molecule has 0 aliphatic heterocycles. The van der Waals surface area contributed by atoms with Gasteiger partial charge in [-0.05, 0) is 12.0 Å². The topological polar surface area (TPSA) is 102 Å². The molecule has 114 valence electrons. The van der Waals surface area contributed by atoms with Gasteiger partial charge in [0.15, 0.2) is 0 Å². The first-order valence-corrected chi connectivity index (χ1v) is 9.04. The summed E-state index contributed by atoms with van der Waals surface area (Å²) in [4.78, 5) is 18.6. The van der Waals surface area contributed by atoms with E-state index in [9.17, 15) is 18.9 Å². The van der Waals surface area contributed by atoms with Gasteiger partial charge in [-0.15, -0.1) is 0 Å². The molecule has 2 N–H and O–H groups in total. The zero-order valence-corrected chi connectivity index (χ0v) is 12.8. The molecule has 1 aromatic rings. The van der Waals surface area contributed by atoms with Crippen LogP contribution in [0.1, 0.15) is 25.3 Å². The van der Waals surface area contributed by atoms with Gasteiger partial charge < -0.3 is 9.79 Å². The predicted octanol–water partition coefficient (Wildman–Crippen LogP) is 3.24. The van der Waals surface area contributed by atoms with Crippen LogP contribution in [0.4, 0.5) is 0 Å². The number of phosphoric acid groups is 2. The molecule has 0 aliphatic carbocycles. The highest BCUT2D eigenvalue weighted by Crippen LogP contribution is 2.60. The molecule has 7 nitrogen and oxygen atoms in total. The van der Waals surface area contributed by atoms with Crippen LogP contribution in [-0.2, 0) is 29.1 Å². The lowest BCUT2D eigenvalue weighted by molar-refractivity contribution is 0.149. The van der Waals surface area contributed by atoms with Crippen LogP contribution < -0.4 is 0 Å². The maximum Gasteiger partial charge on any atom is 0.481 e. The molecule has 0 aliphatic rings. The third-order valence-corrected chi connectivity index (χ3v) is 4.81. The van der Waals surface area contributed by atoms with Crippen molar-refractivity contribution in [3.05, 3.63) is 35.9 Å². The fraction of sp³-hybridized carbons (Fsp3) is 0.455. The Morgan fingerprint density at radius 3 is 2.25 bits per heavy atom. The Kier molecular flexibility index (Phi) is 7.06. The van der Waals surface area contributed by atoms with Gasteiger partial charge in [-0.25, -0.2) is 9.13 Å². The monoisotopic (exact) mass is 324 g/mol. The van der Waals surface area contributed by atoms with Crippen LogP contribution in [0, 0.1) is 0 Å². The molecular weight excluding hydrogens is 306 g/mol. The zero-order chi connectivity index (χ0) is 15.1. The highest BCUT2D eigenvalue weighted by molar-refractivity contribution is 7.61. The van der Waals surface area contributed by atoms with Crippen LogP contribution in [0.3, 0.4) is 0 Å². The number of rotatable bonds is 9. The summed E-state index contributed by atoms with van der Waals surface area (Å²) in [6, 6.07) is 8.59. The second-order valence-electron chi connectivity index (χ2n) is 3.96. The molecular formula is C11H18O7P2. The van der Waals surface area contributed by atoms with Crippen LogP contribution in [0.25, 0.3) is 0 Å². The molecule has 0 fully saturated rings. The molecule has 20 heavy (non-hydrogen) atoms. The highest BCUT2D eigenvalue weighted by Gasteiger charge is 2.35. The average Bonchev–Trinajstić information content (AvgIpc) is 2.37. The number of unbranched alkanes of at least 4 members (excludes halogenated alkanes) is 1. The summed E-state index contributed by atoms with van der Waals surface area (Å²) in [6.07, 6.45) is 1.29. The average molecular weight is 324 g/mol.